The number of ether oxygens (including phenoxy) is 1. The number of rotatable bonds is 5. The molecule has 2 heterocycles. The molecule has 0 aliphatic heterocycles. The van der Waals surface area contributed by atoms with Crippen LogP contribution in [0.3, 0.4) is 0 Å². The van der Waals surface area contributed by atoms with Gasteiger partial charge < -0.3 is 10.1 Å². The maximum absolute atomic E-state index is 12.6. The molecule has 1 aromatic carbocycles. The lowest BCUT2D eigenvalue weighted by Crippen LogP contribution is -2.43. The largest absolute Gasteiger partial charge is 0.460 e. The van der Waals surface area contributed by atoms with Gasteiger partial charge in [-0.05, 0) is 32.9 Å². The van der Waals surface area contributed by atoms with Gasteiger partial charge in [0.1, 0.15) is 5.82 Å². The zero-order valence-corrected chi connectivity index (χ0v) is 14.7. The quantitative estimate of drug-likeness (QED) is 0.775. The van der Waals surface area contributed by atoms with E-state index < -0.39 is 5.60 Å². The van der Waals surface area contributed by atoms with Crippen molar-refractivity contribution in [3.63, 3.8) is 0 Å². The molecule has 7 heteroatoms. The second-order valence-electron chi connectivity index (χ2n) is 6.30. The number of nitrogens with zero attached hydrogens (tertiary/aromatic N) is 4. The predicted molar refractivity (Wildman–Crippen MR) is 94.8 cm³/mol. The zero-order valence-electron chi connectivity index (χ0n) is 14.7. The lowest BCUT2D eigenvalue weighted by molar-refractivity contribution is -0.128. The Labute approximate surface area is 146 Å². The first-order valence-electron chi connectivity index (χ1n) is 7.97. The van der Waals surface area contributed by atoms with Crippen molar-refractivity contribution in [1.82, 2.24) is 19.6 Å². The molecule has 0 spiro atoms. The van der Waals surface area contributed by atoms with Gasteiger partial charge in [-0.15, -0.1) is 5.10 Å². The summed E-state index contributed by atoms with van der Waals surface area (Å²) in [5.74, 6) is 0.726. The summed E-state index contributed by atoms with van der Waals surface area (Å²) >= 11 is 0. The van der Waals surface area contributed by atoms with Crippen molar-refractivity contribution >= 4 is 11.7 Å². The molecule has 1 amide bonds. The molecule has 0 saturated heterocycles. The van der Waals surface area contributed by atoms with E-state index in [4.69, 9.17) is 4.74 Å². The van der Waals surface area contributed by atoms with Crippen LogP contribution in [0.25, 0.3) is 5.69 Å². The molecule has 130 valence electrons. The Morgan fingerprint density at radius 3 is 2.52 bits per heavy atom. The highest BCUT2D eigenvalue weighted by Crippen LogP contribution is 2.20. The van der Waals surface area contributed by atoms with Crippen LogP contribution in [0.15, 0.2) is 48.7 Å². The van der Waals surface area contributed by atoms with E-state index in [0.717, 1.165) is 11.4 Å². The minimum atomic E-state index is -1.09. The molecule has 1 N–H and O–H groups in total. The maximum atomic E-state index is 12.6. The van der Waals surface area contributed by atoms with E-state index in [1.807, 2.05) is 37.3 Å². The van der Waals surface area contributed by atoms with Crippen LogP contribution in [0.4, 0.5) is 5.82 Å². The van der Waals surface area contributed by atoms with Crippen molar-refractivity contribution < 1.29 is 9.53 Å². The van der Waals surface area contributed by atoms with E-state index in [9.17, 15) is 4.79 Å². The van der Waals surface area contributed by atoms with Crippen molar-refractivity contribution in [3.8, 4) is 11.6 Å². The van der Waals surface area contributed by atoms with Crippen molar-refractivity contribution in [3.05, 3.63) is 54.4 Å². The van der Waals surface area contributed by atoms with E-state index in [1.165, 1.54) is 0 Å². The van der Waals surface area contributed by atoms with Gasteiger partial charge >= 0.3 is 0 Å². The Hall–Kier alpha value is -3.09. The topological polar surface area (TPSA) is 74.0 Å². The summed E-state index contributed by atoms with van der Waals surface area (Å²) < 4.78 is 9.13. The summed E-state index contributed by atoms with van der Waals surface area (Å²) in [4.78, 5) is 12.6. The van der Waals surface area contributed by atoms with E-state index in [2.05, 4.69) is 15.5 Å². The SMILES string of the molecule is Cc1cc(NC(=O)C(C)(C)Oc2ccn(-c3ccccc3)n2)n(C)n1. The smallest absolute Gasteiger partial charge is 0.269 e. The third-order valence-corrected chi connectivity index (χ3v) is 3.74. The van der Waals surface area contributed by atoms with Gasteiger partial charge in [-0.25, -0.2) is 4.68 Å². The molecule has 0 unspecified atom stereocenters. The molecular weight excluding hydrogens is 318 g/mol. The monoisotopic (exact) mass is 339 g/mol. The second-order valence-corrected chi connectivity index (χ2v) is 6.30. The van der Waals surface area contributed by atoms with Gasteiger partial charge in [-0.2, -0.15) is 5.10 Å². The summed E-state index contributed by atoms with van der Waals surface area (Å²) in [7, 11) is 1.78. The molecule has 3 aromatic rings. The number of carbonyl (C=O) groups excluding carboxylic acids is 1. The van der Waals surface area contributed by atoms with Crippen LogP contribution in [0, 0.1) is 6.92 Å². The molecule has 3 rings (SSSR count). The molecule has 2 aromatic heterocycles. The van der Waals surface area contributed by atoms with Gasteiger partial charge in [-0.3, -0.25) is 9.48 Å². The van der Waals surface area contributed by atoms with Gasteiger partial charge in [0, 0.05) is 25.4 Å². The Balaban J connectivity index is 1.71. The van der Waals surface area contributed by atoms with Crippen LogP contribution in [0.5, 0.6) is 5.88 Å². The van der Waals surface area contributed by atoms with E-state index in [1.54, 1.807) is 48.6 Å². The number of amides is 1. The number of aromatic nitrogens is 4. The Morgan fingerprint density at radius 1 is 1.16 bits per heavy atom. The molecule has 0 aliphatic rings. The average molecular weight is 339 g/mol. The third-order valence-electron chi connectivity index (χ3n) is 3.74. The first-order chi connectivity index (χ1) is 11.8. The summed E-state index contributed by atoms with van der Waals surface area (Å²) in [6.07, 6.45) is 1.79. The molecule has 0 radical (unpaired) electrons. The third kappa shape index (κ3) is 3.71. The Kier molecular flexibility index (Phi) is 4.31. The van der Waals surface area contributed by atoms with Gasteiger partial charge in [-0.1, -0.05) is 18.2 Å². The molecule has 0 bridgehead atoms. The molecule has 0 aliphatic carbocycles. The standard InChI is InChI=1S/C18H21N5O2/c1-13-12-15(22(4)20-13)19-17(24)18(2,3)25-16-10-11-23(21-16)14-8-6-5-7-9-14/h5-12H,1-4H3,(H,19,24). The predicted octanol–water partition coefficient (Wildman–Crippen LogP) is 2.71. The van der Waals surface area contributed by atoms with Crippen LogP contribution < -0.4 is 10.1 Å². The van der Waals surface area contributed by atoms with E-state index in [-0.39, 0.29) is 5.91 Å². The van der Waals surface area contributed by atoms with Crippen molar-refractivity contribution in [2.45, 2.75) is 26.4 Å². The van der Waals surface area contributed by atoms with Crippen LogP contribution in [0.2, 0.25) is 0 Å². The fourth-order valence-electron chi connectivity index (χ4n) is 2.39. The molecule has 25 heavy (non-hydrogen) atoms. The Bertz CT molecular complexity index is 880. The maximum Gasteiger partial charge on any atom is 0.269 e. The molecular formula is C18H21N5O2. The normalized spacial score (nSPS) is 11.4. The number of hydrogen-bond acceptors (Lipinski definition) is 4. The van der Waals surface area contributed by atoms with Crippen LogP contribution >= 0.6 is 0 Å². The number of nitrogens with one attached hydrogen (secondary N) is 1. The lowest BCUT2D eigenvalue weighted by atomic mass is 10.1. The number of benzene rings is 1. The summed E-state index contributed by atoms with van der Waals surface area (Å²) in [6.45, 7) is 5.27. The van der Waals surface area contributed by atoms with Crippen LogP contribution in [-0.2, 0) is 11.8 Å². The summed E-state index contributed by atoms with van der Waals surface area (Å²) in [5.41, 5.74) is 0.664. The molecule has 0 saturated carbocycles. The first kappa shape index (κ1) is 16.8. The summed E-state index contributed by atoms with van der Waals surface area (Å²) in [6, 6.07) is 13.2. The second kappa shape index (κ2) is 6.43. The van der Waals surface area contributed by atoms with Gasteiger partial charge in [0.15, 0.2) is 5.60 Å². The minimum Gasteiger partial charge on any atom is -0.460 e. The van der Waals surface area contributed by atoms with Crippen molar-refractivity contribution in [2.24, 2.45) is 7.05 Å². The highest BCUT2D eigenvalue weighted by Gasteiger charge is 2.31. The molecule has 0 atom stereocenters. The minimum absolute atomic E-state index is 0.273. The fourth-order valence-corrected chi connectivity index (χ4v) is 2.39. The number of para-hydroxylation sites is 1. The van der Waals surface area contributed by atoms with E-state index >= 15 is 0 Å². The highest BCUT2D eigenvalue weighted by atomic mass is 16.5. The van der Waals surface area contributed by atoms with E-state index in [0.29, 0.717) is 11.7 Å². The number of anilines is 1. The van der Waals surface area contributed by atoms with Gasteiger partial charge in [0.2, 0.25) is 5.88 Å². The summed E-state index contributed by atoms with van der Waals surface area (Å²) in [5, 5.41) is 11.4. The fraction of sp³-hybridized carbons (Fsp3) is 0.278. The van der Waals surface area contributed by atoms with Crippen molar-refractivity contribution in [1.29, 1.82) is 0 Å². The molecule has 0 fully saturated rings. The van der Waals surface area contributed by atoms with Crippen molar-refractivity contribution in [2.75, 3.05) is 5.32 Å². The molecule has 7 nitrogen and oxygen atoms in total. The van der Waals surface area contributed by atoms with Gasteiger partial charge in [0.05, 0.1) is 11.4 Å². The number of hydrogen-bond donors (Lipinski definition) is 1. The number of aryl methyl sites for hydroxylation is 2. The average Bonchev–Trinajstić information content (AvgIpc) is 3.14. The zero-order chi connectivity index (χ0) is 18.0. The first-order valence-corrected chi connectivity index (χ1v) is 7.97. The van der Waals surface area contributed by atoms with Crippen LogP contribution in [-0.4, -0.2) is 31.1 Å². The Morgan fingerprint density at radius 2 is 1.88 bits per heavy atom. The lowest BCUT2D eigenvalue weighted by Gasteiger charge is -2.23. The van der Waals surface area contributed by atoms with Crippen LogP contribution in [0.1, 0.15) is 19.5 Å². The number of carbonyl (C=O) groups is 1. The highest BCUT2D eigenvalue weighted by molar-refractivity contribution is 5.96. The van der Waals surface area contributed by atoms with Gasteiger partial charge in [0.25, 0.3) is 5.91 Å².